The van der Waals surface area contributed by atoms with Crippen molar-refractivity contribution in [1.29, 1.82) is 5.26 Å². The van der Waals surface area contributed by atoms with Gasteiger partial charge in [0.15, 0.2) is 5.69 Å². The lowest BCUT2D eigenvalue weighted by atomic mass is 10.1. The summed E-state index contributed by atoms with van der Waals surface area (Å²) in [7, 11) is 0. The number of nitriles is 1. The van der Waals surface area contributed by atoms with Gasteiger partial charge in [0.1, 0.15) is 11.8 Å². The summed E-state index contributed by atoms with van der Waals surface area (Å²) >= 11 is 0. The number of aromatic nitrogens is 3. The minimum Gasteiger partial charge on any atom is -0.191 e. The zero-order chi connectivity index (χ0) is 12.5. The van der Waals surface area contributed by atoms with E-state index in [2.05, 4.69) is 10.3 Å². The summed E-state index contributed by atoms with van der Waals surface area (Å²) in [5, 5.41) is 14.9. The Bertz CT molecular complexity index is 565. The number of nitrogens with zero attached hydrogens (tertiary/aromatic N) is 4. The largest absolute Gasteiger partial charge is 0.506 e. The van der Waals surface area contributed by atoms with Crippen LogP contribution in [0.2, 0.25) is 0 Å². The maximum atomic E-state index is 12.6. The molecule has 0 saturated heterocycles. The van der Waals surface area contributed by atoms with Crippen LogP contribution in [0.25, 0.3) is 11.3 Å². The summed E-state index contributed by atoms with van der Waals surface area (Å²) in [5.74, 6) is 0. The van der Waals surface area contributed by atoms with Gasteiger partial charge in [-0.05, 0) is 0 Å². The molecule has 0 aliphatic heterocycles. The molecule has 0 aliphatic carbocycles. The molecular formula is C10H5F3N4. The Kier molecular flexibility index (Phi) is 2.55. The Balaban J connectivity index is 2.68. The van der Waals surface area contributed by atoms with Crippen LogP contribution in [0.1, 0.15) is 5.69 Å². The highest BCUT2D eigenvalue weighted by Crippen LogP contribution is 2.30. The fourth-order valence-corrected chi connectivity index (χ4v) is 1.39. The van der Waals surface area contributed by atoms with Crippen molar-refractivity contribution in [2.24, 2.45) is 0 Å². The molecule has 7 heteroatoms. The zero-order valence-electron chi connectivity index (χ0n) is 8.31. The molecule has 86 valence electrons. The van der Waals surface area contributed by atoms with Gasteiger partial charge >= 0.3 is 6.30 Å². The molecular weight excluding hydrogens is 233 g/mol. The van der Waals surface area contributed by atoms with Crippen LogP contribution in [0.3, 0.4) is 0 Å². The van der Waals surface area contributed by atoms with Crippen LogP contribution in [0.5, 0.6) is 0 Å². The second-order valence-electron chi connectivity index (χ2n) is 3.14. The summed E-state index contributed by atoms with van der Waals surface area (Å²) in [5.41, 5.74) is -0.458. The summed E-state index contributed by atoms with van der Waals surface area (Å²) in [6.45, 7) is 0. The van der Waals surface area contributed by atoms with Crippen LogP contribution in [0.4, 0.5) is 13.2 Å². The summed E-state index contributed by atoms with van der Waals surface area (Å²) < 4.78 is 37.7. The van der Waals surface area contributed by atoms with E-state index in [0.717, 1.165) is 0 Å². The predicted molar refractivity (Wildman–Crippen MR) is 51.5 cm³/mol. The number of hydrogen-bond acceptors (Lipinski definition) is 3. The van der Waals surface area contributed by atoms with Crippen LogP contribution in [-0.4, -0.2) is 15.0 Å². The first-order valence-electron chi connectivity index (χ1n) is 4.52. The number of rotatable bonds is 1. The lowest BCUT2D eigenvalue weighted by molar-refractivity contribution is -0.211. The molecule has 1 aromatic heterocycles. The minimum atomic E-state index is -4.70. The third-order valence-corrected chi connectivity index (χ3v) is 2.06. The van der Waals surface area contributed by atoms with E-state index in [9.17, 15) is 13.2 Å². The molecule has 4 nitrogen and oxygen atoms in total. The molecule has 0 saturated carbocycles. The molecule has 0 amide bonds. The summed E-state index contributed by atoms with van der Waals surface area (Å²) in [6.07, 6.45) is -4.70. The van der Waals surface area contributed by atoms with Gasteiger partial charge in [0, 0.05) is 5.56 Å². The minimum absolute atomic E-state index is 0.207. The van der Waals surface area contributed by atoms with Crippen LogP contribution < -0.4 is 0 Å². The highest BCUT2D eigenvalue weighted by molar-refractivity contribution is 5.64. The van der Waals surface area contributed by atoms with Crippen LogP contribution >= 0.6 is 0 Å². The molecule has 0 fully saturated rings. The van der Waals surface area contributed by atoms with Crippen molar-refractivity contribution in [3.8, 4) is 17.3 Å². The Labute approximate surface area is 93.9 Å². The molecule has 17 heavy (non-hydrogen) atoms. The molecule has 1 aromatic carbocycles. The normalized spacial score (nSPS) is 11.2. The van der Waals surface area contributed by atoms with Crippen molar-refractivity contribution < 1.29 is 13.2 Å². The first-order valence-corrected chi connectivity index (χ1v) is 4.52. The SMILES string of the molecule is N#Cc1nnn(C(F)(F)F)c1-c1ccccc1. The highest BCUT2D eigenvalue weighted by Gasteiger charge is 2.36. The first-order chi connectivity index (χ1) is 8.04. The van der Waals surface area contributed by atoms with Gasteiger partial charge in [-0.3, -0.25) is 0 Å². The van der Waals surface area contributed by atoms with Crippen molar-refractivity contribution >= 4 is 0 Å². The molecule has 0 bridgehead atoms. The third kappa shape index (κ3) is 1.97. The maximum Gasteiger partial charge on any atom is 0.506 e. The van der Waals surface area contributed by atoms with E-state index in [1.54, 1.807) is 24.3 Å². The quantitative estimate of drug-likeness (QED) is 0.765. The van der Waals surface area contributed by atoms with E-state index in [-0.39, 0.29) is 21.6 Å². The topological polar surface area (TPSA) is 54.5 Å². The lowest BCUT2D eigenvalue weighted by Gasteiger charge is -2.09. The molecule has 0 unspecified atom stereocenters. The van der Waals surface area contributed by atoms with Crippen LogP contribution in [0.15, 0.2) is 30.3 Å². The molecule has 0 spiro atoms. The zero-order valence-corrected chi connectivity index (χ0v) is 8.31. The second-order valence-corrected chi connectivity index (χ2v) is 3.14. The molecule has 0 aliphatic rings. The molecule has 0 N–H and O–H groups in total. The Morgan fingerprint density at radius 2 is 1.82 bits per heavy atom. The summed E-state index contributed by atoms with van der Waals surface area (Å²) in [4.78, 5) is 0. The van der Waals surface area contributed by atoms with Crippen molar-refractivity contribution in [1.82, 2.24) is 15.0 Å². The second kappa shape index (κ2) is 3.90. The lowest BCUT2D eigenvalue weighted by Crippen LogP contribution is -2.19. The van der Waals surface area contributed by atoms with Crippen LogP contribution in [-0.2, 0) is 6.30 Å². The van der Waals surface area contributed by atoms with Gasteiger partial charge in [0.25, 0.3) is 0 Å². The molecule has 0 atom stereocenters. The van der Waals surface area contributed by atoms with Crippen molar-refractivity contribution in [2.75, 3.05) is 0 Å². The molecule has 2 rings (SSSR count). The fourth-order valence-electron chi connectivity index (χ4n) is 1.39. The van der Waals surface area contributed by atoms with E-state index in [1.807, 2.05) is 0 Å². The van der Waals surface area contributed by atoms with E-state index in [0.29, 0.717) is 0 Å². The van der Waals surface area contributed by atoms with Crippen molar-refractivity contribution in [3.63, 3.8) is 0 Å². The highest BCUT2D eigenvalue weighted by atomic mass is 19.4. The maximum absolute atomic E-state index is 12.6. The number of hydrogen-bond donors (Lipinski definition) is 0. The van der Waals surface area contributed by atoms with Gasteiger partial charge in [0.05, 0.1) is 0 Å². The Hall–Kier alpha value is -2.36. The Morgan fingerprint density at radius 1 is 1.18 bits per heavy atom. The van der Waals surface area contributed by atoms with Gasteiger partial charge in [-0.2, -0.15) is 5.26 Å². The van der Waals surface area contributed by atoms with Gasteiger partial charge in [-0.25, -0.2) is 0 Å². The molecule has 1 heterocycles. The fraction of sp³-hybridized carbons (Fsp3) is 0.100. The van der Waals surface area contributed by atoms with Gasteiger partial charge in [-0.15, -0.1) is 23.0 Å². The van der Waals surface area contributed by atoms with E-state index >= 15 is 0 Å². The van der Waals surface area contributed by atoms with E-state index < -0.39 is 6.30 Å². The van der Waals surface area contributed by atoms with Gasteiger partial charge < -0.3 is 0 Å². The van der Waals surface area contributed by atoms with E-state index in [4.69, 9.17) is 5.26 Å². The van der Waals surface area contributed by atoms with Crippen LogP contribution in [0, 0.1) is 11.3 Å². The molecule has 2 aromatic rings. The van der Waals surface area contributed by atoms with Crippen molar-refractivity contribution in [3.05, 3.63) is 36.0 Å². The summed E-state index contributed by atoms with van der Waals surface area (Å²) in [6, 6.07) is 9.32. The predicted octanol–water partition coefficient (Wildman–Crippen LogP) is 2.29. The first kappa shape index (κ1) is 11.1. The third-order valence-electron chi connectivity index (χ3n) is 2.06. The number of halogens is 3. The number of benzene rings is 1. The number of alkyl halides is 3. The average molecular weight is 238 g/mol. The molecule has 0 radical (unpaired) electrons. The van der Waals surface area contributed by atoms with Gasteiger partial charge in [0.2, 0.25) is 0 Å². The van der Waals surface area contributed by atoms with Gasteiger partial charge in [-0.1, -0.05) is 35.5 Å². The average Bonchev–Trinajstić information content (AvgIpc) is 2.73. The smallest absolute Gasteiger partial charge is 0.191 e. The van der Waals surface area contributed by atoms with Crippen molar-refractivity contribution in [2.45, 2.75) is 6.30 Å². The Morgan fingerprint density at radius 3 is 2.35 bits per heavy atom. The van der Waals surface area contributed by atoms with E-state index in [1.165, 1.54) is 12.1 Å². The monoisotopic (exact) mass is 238 g/mol. The standard InChI is InChI=1S/C10H5F3N4/c11-10(12,13)17-9(8(6-14)15-16-17)7-4-2-1-3-5-7/h1-5H.